The molecule has 3 N–H and O–H groups in total. The Morgan fingerprint density at radius 3 is 2.75 bits per heavy atom. The van der Waals surface area contributed by atoms with E-state index in [0.29, 0.717) is 23.1 Å². The van der Waals surface area contributed by atoms with Crippen molar-refractivity contribution in [3.05, 3.63) is 52.7 Å². The Balaban J connectivity index is 1.36. The van der Waals surface area contributed by atoms with Crippen molar-refractivity contribution in [3.8, 4) is 5.75 Å². The van der Waals surface area contributed by atoms with Gasteiger partial charge in [-0.1, -0.05) is 11.6 Å². The highest BCUT2D eigenvalue weighted by molar-refractivity contribution is 6.30. The maximum atomic E-state index is 12.2. The van der Waals surface area contributed by atoms with Crippen LogP contribution in [0.4, 0.5) is 5.82 Å². The second-order valence-corrected chi connectivity index (χ2v) is 8.72. The first-order valence-corrected chi connectivity index (χ1v) is 11.5. The number of aliphatic hydroxyl groups excluding tert-OH is 2. The maximum absolute atomic E-state index is 12.2. The van der Waals surface area contributed by atoms with Crippen molar-refractivity contribution in [1.29, 1.82) is 0 Å². The van der Waals surface area contributed by atoms with Crippen LogP contribution in [0.25, 0.3) is 0 Å². The maximum Gasteiger partial charge on any atom is 0.251 e. The third-order valence-electron chi connectivity index (χ3n) is 5.83. The Hall–Kier alpha value is -2.35. The highest BCUT2D eigenvalue weighted by Crippen LogP contribution is 2.26. The van der Waals surface area contributed by atoms with Crippen LogP contribution >= 0.6 is 11.6 Å². The molecule has 1 unspecified atom stereocenters. The van der Waals surface area contributed by atoms with Crippen LogP contribution < -0.4 is 15.0 Å². The van der Waals surface area contributed by atoms with Gasteiger partial charge in [-0.15, -0.1) is 0 Å². The largest absolute Gasteiger partial charge is 0.494 e. The lowest BCUT2D eigenvalue weighted by Gasteiger charge is -2.32. The zero-order valence-corrected chi connectivity index (χ0v) is 19.2. The molecule has 0 spiro atoms. The van der Waals surface area contributed by atoms with Crippen molar-refractivity contribution in [1.82, 2.24) is 10.3 Å². The number of nitrogens with one attached hydrogen (secondary N) is 1. The molecule has 3 rings (SSSR count). The third kappa shape index (κ3) is 7.08. The summed E-state index contributed by atoms with van der Waals surface area (Å²) in [5.41, 5.74) is 1.34. The van der Waals surface area contributed by atoms with Crippen molar-refractivity contribution in [2.75, 3.05) is 37.7 Å². The number of carbonyl (C=O) groups excluding carboxylic acids is 1. The molecule has 0 saturated carbocycles. The topological polar surface area (TPSA) is 94.9 Å². The fourth-order valence-electron chi connectivity index (χ4n) is 3.92. The Bertz CT molecular complexity index is 870. The lowest BCUT2D eigenvalue weighted by atomic mass is 9.92. The molecule has 7 nitrogen and oxygen atoms in total. The molecule has 1 aliphatic heterocycles. The molecule has 2 heterocycles. The minimum absolute atomic E-state index is 0.0160. The number of amides is 1. The molecule has 0 bridgehead atoms. The lowest BCUT2D eigenvalue weighted by Crippen LogP contribution is -2.34. The van der Waals surface area contributed by atoms with E-state index in [1.54, 1.807) is 18.3 Å². The number of benzene rings is 1. The zero-order chi connectivity index (χ0) is 22.9. The van der Waals surface area contributed by atoms with Gasteiger partial charge in [0.1, 0.15) is 11.6 Å². The standard InChI is InChI=1S/C24H32ClN3O4/c1-17-13-21(5-6-22(17)24(31)27-15-20(30)16-29)32-12-2-3-18-8-10-28(11-9-18)23-7-4-19(25)14-26-23/h4-7,13-14,18,20,29-30H,2-3,8-12,15-16H2,1H3,(H,27,31). The van der Waals surface area contributed by atoms with Crippen molar-refractivity contribution in [3.63, 3.8) is 0 Å². The summed E-state index contributed by atoms with van der Waals surface area (Å²) in [7, 11) is 0. The van der Waals surface area contributed by atoms with Crippen LogP contribution in [0, 0.1) is 12.8 Å². The van der Waals surface area contributed by atoms with Gasteiger partial charge in [-0.25, -0.2) is 4.98 Å². The molecule has 0 radical (unpaired) electrons. The van der Waals surface area contributed by atoms with Gasteiger partial charge in [0.05, 0.1) is 24.3 Å². The van der Waals surface area contributed by atoms with Crippen LogP contribution in [0.5, 0.6) is 5.75 Å². The molecule has 174 valence electrons. The van der Waals surface area contributed by atoms with Gasteiger partial charge in [-0.3, -0.25) is 4.79 Å². The summed E-state index contributed by atoms with van der Waals surface area (Å²) in [4.78, 5) is 18.9. The van der Waals surface area contributed by atoms with Crippen LogP contribution in [0.3, 0.4) is 0 Å². The van der Waals surface area contributed by atoms with Gasteiger partial charge in [0.2, 0.25) is 0 Å². The summed E-state index contributed by atoms with van der Waals surface area (Å²) < 4.78 is 5.89. The molecule has 1 aromatic carbocycles. The highest BCUT2D eigenvalue weighted by Gasteiger charge is 2.20. The average Bonchev–Trinajstić information content (AvgIpc) is 2.81. The Kier molecular flexibility index (Phi) is 9.14. The number of pyridine rings is 1. The van der Waals surface area contributed by atoms with E-state index in [4.69, 9.17) is 21.4 Å². The summed E-state index contributed by atoms with van der Waals surface area (Å²) in [6, 6.07) is 9.24. The number of hydrogen-bond donors (Lipinski definition) is 3. The smallest absolute Gasteiger partial charge is 0.251 e. The summed E-state index contributed by atoms with van der Waals surface area (Å²) >= 11 is 5.92. The van der Waals surface area contributed by atoms with Crippen LogP contribution in [-0.4, -0.2) is 60.1 Å². The number of halogens is 1. The number of carbonyl (C=O) groups is 1. The number of rotatable bonds is 10. The average molecular weight is 462 g/mol. The SMILES string of the molecule is Cc1cc(OCCCC2CCN(c3ccc(Cl)cn3)CC2)ccc1C(=O)NCC(O)CO. The number of piperidine rings is 1. The van der Waals surface area contributed by atoms with E-state index in [1.165, 1.54) is 0 Å². The van der Waals surface area contributed by atoms with Crippen molar-refractivity contribution in [2.24, 2.45) is 5.92 Å². The number of aryl methyl sites for hydroxylation is 1. The molecule has 0 aliphatic carbocycles. The number of hydrogen-bond acceptors (Lipinski definition) is 6. The Labute approximate surface area is 194 Å². The van der Waals surface area contributed by atoms with Gasteiger partial charge < -0.3 is 25.2 Å². The van der Waals surface area contributed by atoms with E-state index in [1.807, 2.05) is 25.1 Å². The highest BCUT2D eigenvalue weighted by atomic mass is 35.5. The molecule has 1 aromatic heterocycles. The third-order valence-corrected chi connectivity index (χ3v) is 6.05. The molecule has 1 atom stereocenters. The van der Waals surface area contributed by atoms with E-state index in [-0.39, 0.29) is 19.1 Å². The monoisotopic (exact) mass is 461 g/mol. The number of nitrogens with zero attached hydrogens (tertiary/aromatic N) is 2. The first-order chi connectivity index (χ1) is 15.5. The van der Waals surface area contributed by atoms with E-state index in [9.17, 15) is 9.90 Å². The zero-order valence-electron chi connectivity index (χ0n) is 18.5. The fourth-order valence-corrected chi connectivity index (χ4v) is 4.03. The van der Waals surface area contributed by atoms with Gasteiger partial charge in [-0.05, 0) is 74.4 Å². The Morgan fingerprint density at radius 2 is 2.09 bits per heavy atom. The molecule has 32 heavy (non-hydrogen) atoms. The fraction of sp³-hybridized carbons (Fsp3) is 0.500. The van der Waals surface area contributed by atoms with E-state index in [0.717, 1.165) is 55.9 Å². The summed E-state index contributed by atoms with van der Waals surface area (Å²) in [6.45, 7) is 4.16. The van der Waals surface area contributed by atoms with Crippen LogP contribution in [-0.2, 0) is 0 Å². The van der Waals surface area contributed by atoms with Crippen LogP contribution in [0.15, 0.2) is 36.5 Å². The summed E-state index contributed by atoms with van der Waals surface area (Å²) in [5.74, 6) is 2.16. The van der Waals surface area contributed by atoms with Crippen molar-refractivity contribution >= 4 is 23.3 Å². The first kappa shape index (κ1) is 24.3. The van der Waals surface area contributed by atoms with Gasteiger partial charge in [0.25, 0.3) is 5.91 Å². The minimum Gasteiger partial charge on any atom is -0.494 e. The molecule has 1 fully saturated rings. The minimum atomic E-state index is -0.955. The van der Waals surface area contributed by atoms with Crippen LogP contribution in [0.1, 0.15) is 41.6 Å². The van der Waals surface area contributed by atoms with Crippen molar-refractivity contribution < 1.29 is 19.7 Å². The molecule has 1 amide bonds. The van der Waals surface area contributed by atoms with Gasteiger partial charge in [0.15, 0.2) is 0 Å². The molecule has 1 aliphatic rings. The second-order valence-electron chi connectivity index (χ2n) is 8.28. The number of aromatic nitrogens is 1. The summed E-state index contributed by atoms with van der Waals surface area (Å²) in [5, 5.41) is 21.5. The van der Waals surface area contributed by atoms with Gasteiger partial charge in [0, 0.05) is 31.4 Å². The Morgan fingerprint density at radius 1 is 1.31 bits per heavy atom. The number of anilines is 1. The quantitative estimate of drug-likeness (QED) is 0.470. The second kappa shape index (κ2) is 12.0. The predicted molar refractivity (Wildman–Crippen MR) is 126 cm³/mol. The molecular formula is C24H32ClN3O4. The first-order valence-electron chi connectivity index (χ1n) is 11.1. The molecule has 2 aromatic rings. The number of ether oxygens (including phenoxy) is 1. The lowest BCUT2D eigenvalue weighted by molar-refractivity contribution is 0.0801. The van der Waals surface area contributed by atoms with E-state index in [2.05, 4.69) is 15.2 Å². The van der Waals surface area contributed by atoms with Gasteiger partial charge in [-0.2, -0.15) is 0 Å². The molecular weight excluding hydrogens is 430 g/mol. The molecule has 1 saturated heterocycles. The van der Waals surface area contributed by atoms with Gasteiger partial charge >= 0.3 is 0 Å². The van der Waals surface area contributed by atoms with Crippen molar-refractivity contribution in [2.45, 2.75) is 38.7 Å². The molecule has 8 heteroatoms. The normalized spacial score (nSPS) is 15.4. The van der Waals surface area contributed by atoms with E-state index >= 15 is 0 Å². The summed E-state index contributed by atoms with van der Waals surface area (Å²) in [6.07, 6.45) is 5.17. The van der Waals surface area contributed by atoms with Crippen LogP contribution in [0.2, 0.25) is 5.02 Å². The van der Waals surface area contributed by atoms with E-state index < -0.39 is 6.10 Å². The predicted octanol–water partition coefficient (Wildman–Crippen LogP) is 3.20. The number of aliphatic hydroxyl groups is 2.